The molecule has 0 fully saturated rings. The highest BCUT2D eigenvalue weighted by molar-refractivity contribution is 6.30. The summed E-state index contributed by atoms with van der Waals surface area (Å²) in [4.78, 5) is 15.3. The predicted molar refractivity (Wildman–Crippen MR) is 123 cm³/mol. The van der Waals surface area contributed by atoms with Gasteiger partial charge in [0.15, 0.2) is 0 Å². The molecule has 1 aliphatic rings. The van der Waals surface area contributed by atoms with Gasteiger partial charge in [0.1, 0.15) is 5.69 Å². The van der Waals surface area contributed by atoms with Gasteiger partial charge in [-0.25, -0.2) is 0 Å². The number of nitrogens with one attached hydrogen (secondary N) is 1. The quantitative estimate of drug-likeness (QED) is 0.391. The van der Waals surface area contributed by atoms with Gasteiger partial charge in [-0.15, -0.1) is 0 Å². The van der Waals surface area contributed by atoms with Crippen LogP contribution >= 0.6 is 23.2 Å². The number of aromatic amines is 1. The van der Waals surface area contributed by atoms with E-state index in [2.05, 4.69) is 10.2 Å². The zero-order chi connectivity index (χ0) is 21.5. The minimum atomic E-state index is -0.299. The summed E-state index contributed by atoms with van der Waals surface area (Å²) in [5.74, 6) is -0.0826. The molecule has 0 bridgehead atoms. The van der Waals surface area contributed by atoms with E-state index in [1.807, 2.05) is 84.6 Å². The van der Waals surface area contributed by atoms with Crippen LogP contribution in [0.1, 0.15) is 38.8 Å². The van der Waals surface area contributed by atoms with Crippen LogP contribution in [0.5, 0.6) is 0 Å². The van der Waals surface area contributed by atoms with Crippen molar-refractivity contribution in [3.8, 4) is 11.3 Å². The van der Waals surface area contributed by atoms with Crippen LogP contribution in [0.2, 0.25) is 10.0 Å². The number of nitrogens with zero attached hydrogens (tertiary/aromatic N) is 2. The number of carbonyl (C=O) groups excluding carboxylic acids is 1. The number of amides is 1. The first-order valence-corrected chi connectivity index (χ1v) is 10.7. The Morgan fingerprint density at radius 3 is 2.42 bits per heavy atom. The summed E-state index contributed by atoms with van der Waals surface area (Å²) < 4.78 is 0. The third-order valence-electron chi connectivity index (χ3n) is 5.62. The second-order valence-electron chi connectivity index (χ2n) is 7.74. The van der Waals surface area contributed by atoms with Gasteiger partial charge in [-0.3, -0.25) is 9.89 Å². The van der Waals surface area contributed by atoms with E-state index in [1.165, 1.54) is 5.56 Å². The number of carbonyl (C=O) groups is 1. The van der Waals surface area contributed by atoms with Gasteiger partial charge in [-0.1, -0.05) is 77.3 Å². The molecule has 6 heteroatoms. The summed E-state index contributed by atoms with van der Waals surface area (Å²) in [6.45, 7) is 2.49. The van der Waals surface area contributed by atoms with Gasteiger partial charge in [0.25, 0.3) is 5.91 Å². The summed E-state index contributed by atoms with van der Waals surface area (Å²) >= 11 is 12.4. The van der Waals surface area contributed by atoms with Crippen LogP contribution in [0.3, 0.4) is 0 Å². The lowest BCUT2D eigenvalue weighted by Crippen LogP contribution is -2.29. The molecule has 1 aromatic heterocycles. The first-order valence-electron chi connectivity index (χ1n) is 9.97. The number of H-pyrrole nitrogens is 1. The molecule has 1 unspecified atom stereocenters. The molecule has 154 valence electrons. The van der Waals surface area contributed by atoms with Crippen LogP contribution < -0.4 is 0 Å². The Morgan fingerprint density at radius 2 is 1.71 bits per heavy atom. The maximum Gasteiger partial charge on any atom is 0.273 e. The topological polar surface area (TPSA) is 49.0 Å². The lowest BCUT2D eigenvalue weighted by molar-refractivity contribution is 0.0730. The van der Waals surface area contributed by atoms with Gasteiger partial charge in [-0.2, -0.15) is 5.10 Å². The van der Waals surface area contributed by atoms with Gasteiger partial charge in [-0.05, 0) is 42.3 Å². The monoisotopic (exact) mass is 447 g/mol. The van der Waals surface area contributed by atoms with Gasteiger partial charge in [0, 0.05) is 27.7 Å². The smallest absolute Gasteiger partial charge is 0.273 e. The maximum atomic E-state index is 13.4. The average Bonchev–Trinajstić information content (AvgIpc) is 3.30. The molecule has 0 saturated carbocycles. The van der Waals surface area contributed by atoms with Crippen LogP contribution in [0.25, 0.3) is 11.3 Å². The summed E-state index contributed by atoms with van der Waals surface area (Å²) in [5, 5.41) is 8.81. The Balaban J connectivity index is 1.64. The fraction of sp³-hybridized carbons (Fsp3) is 0.120. The highest BCUT2D eigenvalue weighted by atomic mass is 35.5. The fourth-order valence-corrected chi connectivity index (χ4v) is 4.43. The van der Waals surface area contributed by atoms with Crippen molar-refractivity contribution < 1.29 is 4.79 Å². The van der Waals surface area contributed by atoms with Crippen molar-refractivity contribution in [1.82, 2.24) is 15.1 Å². The second kappa shape index (κ2) is 7.88. The van der Waals surface area contributed by atoms with Gasteiger partial charge in [0.05, 0.1) is 11.7 Å². The summed E-state index contributed by atoms with van der Waals surface area (Å²) in [6.07, 6.45) is 0. The van der Waals surface area contributed by atoms with Gasteiger partial charge >= 0.3 is 0 Å². The normalized spacial score (nSPS) is 15.4. The molecule has 5 rings (SSSR count). The predicted octanol–water partition coefficient (Wildman–Crippen LogP) is 6.44. The molecule has 1 N–H and O–H groups in total. The molecular formula is C25H19Cl2N3O. The highest BCUT2D eigenvalue weighted by Gasteiger charge is 2.42. The standard InChI is InChI=1S/C25H19Cl2N3O/c1-15-5-9-17(10-6-15)22-21-23(29-28-22)25(31)30(14-16-7-11-19(26)12-8-16)24(21)18-3-2-4-20(27)13-18/h2-13,24H,14H2,1H3,(H,28,29). The van der Waals surface area contributed by atoms with Crippen molar-refractivity contribution in [2.75, 3.05) is 0 Å². The van der Waals surface area contributed by atoms with E-state index in [1.54, 1.807) is 0 Å². The average molecular weight is 448 g/mol. The Labute approximate surface area is 190 Å². The first kappa shape index (κ1) is 19.9. The van der Waals surface area contributed by atoms with Gasteiger partial charge < -0.3 is 4.90 Å². The van der Waals surface area contributed by atoms with Crippen molar-refractivity contribution in [1.29, 1.82) is 0 Å². The molecule has 0 spiro atoms. The van der Waals surface area contributed by atoms with Crippen molar-refractivity contribution in [2.24, 2.45) is 0 Å². The van der Waals surface area contributed by atoms with Crippen LogP contribution in [0.4, 0.5) is 0 Å². The lowest BCUT2D eigenvalue weighted by Gasteiger charge is -2.26. The van der Waals surface area contributed by atoms with Crippen LogP contribution in [0.15, 0.2) is 72.8 Å². The number of aromatic nitrogens is 2. The van der Waals surface area contributed by atoms with E-state index < -0.39 is 0 Å². The van der Waals surface area contributed by atoms with Gasteiger partial charge in [0.2, 0.25) is 0 Å². The van der Waals surface area contributed by atoms with Crippen LogP contribution in [-0.4, -0.2) is 21.0 Å². The van der Waals surface area contributed by atoms with Crippen molar-refractivity contribution in [2.45, 2.75) is 19.5 Å². The highest BCUT2D eigenvalue weighted by Crippen LogP contribution is 2.43. The minimum Gasteiger partial charge on any atom is -0.322 e. The molecule has 1 amide bonds. The van der Waals surface area contributed by atoms with E-state index in [4.69, 9.17) is 23.2 Å². The SMILES string of the molecule is Cc1ccc(-c2n[nH]c3c2C(c2cccc(Cl)c2)N(Cc2ccc(Cl)cc2)C3=O)cc1. The molecule has 4 nitrogen and oxygen atoms in total. The Kier molecular flexibility index (Phi) is 5.05. The number of rotatable bonds is 4. The summed E-state index contributed by atoms with van der Waals surface area (Å²) in [7, 11) is 0. The molecule has 3 aromatic carbocycles. The van der Waals surface area contributed by atoms with Crippen molar-refractivity contribution >= 4 is 29.1 Å². The largest absolute Gasteiger partial charge is 0.322 e. The van der Waals surface area contributed by atoms with E-state index in [-0.39, 0.29) is 11.9 Å². The molecular weight excluding hydrogens is 429 g/mol. The third kappa shape index (κ3) is 3.62. The lowest BCUT2D eigenvalue weighted by atomic mass is 9.95. The molecule has 31 heavy (non-hydrogen) atoms. The number of hydrogen-bond acceptors (Lipinski definition) is 2. The molecule has 0 radical (unpaired) electrons. The molecule has 1 aliphatic heterocycles. The molecule has 4 aromatic rings. The molecule has 0 saturated heterocycles. The summed E-state index contributed by atoms with van der Waals surface area (Å²) in [6, 6.07) is 23.1. The summed E-state index contributed by atoms with van der Waals surface area (Å²) in [5.41, 5.74) is 6.27. The zero-order valence-corrected chi connectivity index (χ0v) is 18.3. The Morgan fingerprint density at radius 1 is 0.968 bits per heavy atom. The van der Waals surface area contributed by atoms with Crippen molar-refractivity contribution in [3.05, 3.63) is 111 Å². The number of benzene rings is 3. The number of hydrogen-bond donors (Lipinski definition) is 1. The Hall–Kier alpha value is -3.08. The van der Waals surface area contributed by atoms with Crippen molar-refractivity contribution in [3.63, 3.8) is 0 Å². The Bertz CT molecular complexity index is 1260. The third-order valence-corrected chi connectivity index (χ3v) is 6.11. The molecule has 0 aliphatic carbocycles. The fourth-order valence-electron chi connectivity index (χ4n) is 4.10. The second-order valence-corrected chi connectivity index (χ2v) is 8.62. The zero-order valence-electron chi connectivity index (χ0n) is 16.8. The molecule has 1 atom stereocenters. The number of fused-ring (bicyclic) bond motifs is 1. The minimum absolute atomic E-state index is 0.0826. The van der Waals surface area contributed by atoms with E-state index in [0.717, 1.165) is 27.9 Å². The van der Waals surface area contributed by atoms with Crippen LogP contribution in [-0.2, 0) is 6.54 Å². The van der Waals surface area contributed by atoms with E-state index >= 15 is 0 Å². The maximum absolute atomic E-state index is 13.4. The number of aryl methyl sites for hydroxylation is 1. The van der Waals surface area contributed by atoms with E-state index in [0.29, 0.717) is 22.3 Å². The number of halogens is 2. The van der Waals surface area contributed by atoms with E-state index in [9.17, 15) is 4.79 Å². The van der Waals surface area contributed by atoms with Crippen LogP contribution in [0, 0.1) is 6.92 Å². The molecule has 2 heterocycles. The first-order chi connectivity index (χ1) is 15.0.